The van der Waals surface area contributed by atoms with Crippen LogP contribution in [-0.2, 0) is 17.9 Å². The predicted octanol–water partition coefficient (Wildman–Crippen LogP) is 4.74. The number of benzene rings is 2. The summed E-state index contributed by atoms with van der Waals surface area (Å²) in [4.78, 5) is 5.11. The molecule has 0 spiro atoms. The zero-order valence-electron chi connectivity index (χ0n) is 11.8. The molecule has 0 saturated heterocycles. The first-order valence-corrected chi connectivity index (χ1v) is 6.81. The number of halogens is 2. The molecule has 0 N–H and O–H groups in total. The number of alkyl halides is 2. The molecule has 2 aromatic rings. The molecule has 0 bridgehead atoms. The van der Waals surface area contributed by atoms with Crippen LogP contribution in [0, 0.1) is 0 Å². The lowest BCUT2D eigenvalue weighted by Gasteiger charge is -2.06. The first-order chi connectivity index (χ1) is 10.2. The van der Waals surface area contributed by atoms with Crippen molar-refractivity contribution < 1.29 is 13.6 Å². The van der Waals surface area contributed by atoms with Gasteiger partial charge in [-0.05, 0) is 17.5 Å². The number of hydrogen-bond donors (Lipinski definition) is 0. The summed E-state index contributed by atoms with van der Waals surface area (Å²) >= 11 is 0. The summed E-state index contributed by atoms with van der Waals surface area (Å²) in [5.74, 6) is 0. The lowest BCUT2D eigenvalue weighted by Crippen LogP contribution is -1.96. The summed E-state index contributed by atoms with van der Waals surface area (Å²) in [5, 5.41) is 3.82. The minimum absolute atomic E-state index is 0.0139. The van der Waals surface area contributed by atoms with Crippen LogP contribution in [0.15, 0.2) is 53.7 Å². The maximum atomic E-state index is 12.8. The second kappa shape index (κ2) is 7.53. The van der Waals surface area contributed by atoms with Gasteiger partial charge in [0, 0.05) is 11.1 Å². The number of hydrogen-bond acceptors (Lipinski definition) is 2. The molecule has 0 aliphatic heterocycles. The van der Waals surface area contributed by atoms with E-state index in [2.05, 4.69) is 12.1 Å². The third-order valence-corrected chi connectivity index (χ3v) is 3.17. The quantitative estimate of drug-likeness (QED) is 0.556. The van der Waals surface area contributed by atoms with Gasteiger partial charge in [-0.2, -0.15) is 0 Å². The fourth-order valence-corrected chi connectivity index (χ4v) is 1.92. The molecular formula is C17H17F2NO. The van der Waals surface area contributed by atoms with Crippen molar-refractivity contribution in [2.24, 2.45) is 5.16 Å². The highest BCUT2D eigenvalue weighted by Crippen LogP contribution is 2.23. The maximum absolute atomic E-state index is 12.8. The van der Waals surface area contributed by atoms with Gasteiger partial charge in [0.25, 0.3) is 6.43 Å². The maximum Gasteiger partial charge on any atom is 0.264 e. The minimum Gasteiger partial charge on any atom is -0.391 e. The van der Waals surface area contributed by atoms with Gasteiger partial charge < -0.3 is 4.84 Å². The molecule has 0 aliphatic rings. The monoisotopic (exact) mass is 289 g/mol. The molecule has 0 aliphatic carbocycles. The largest absolute Gasteiger partial charge is 0.391 e. The van der Waals surface area contributed by atoms with Crippen molar-refractivity contribution in [2.75, 3.05) is 0 Å². The van der Waals surface area contributed by atoms with Gasteiger partial charge in [-0.3, -0.25) is 0 Å². The summed E-state index contributed by atoms with van der Waals surface area (Å²) in [5.41, 5.74) is 2.60. The van der Waals surface area contributed by atoms with Crippen LogP contribution >= 0.6 is 0 Å². The highest BCUT2D eigenvalue weighted by atomic mass is 19.3. The van der Waals surface area contributed by atoms with Gasteiger partial charge in [-0.25, -0.2) is 8.78 Å². The predicted molar refractivity (Wildman–Crippen MR) is 79.6 cm³/mol. The third-order valence-electron chi connectivity index (χ3n) is 3.17. The fourth-order valence-electron chi connectivity index (χ4n) is 1.92. The molecule has 2 rings (SSSR count). The van der Waals surface area contributed by atoms with Crippen LogP contribution in [0.25, 0.3) is 0 Å². The Balaban J connectivity index is 1.93. The Kier molecular flexibility index (Phi) is 5.43. The van der Waals surface area contributed by atoms with Crippen LogP contribution in [0.3, 0.4) is 0 Å². The van der Waals surface area contributed by atoms with Gasteiger partial charge in [-0.15, -0.1) is 0 Å². The van der Waals surface area contributed by atoms with Crippen molar-refractivity contribution >= 4 is 6.21 Å². The summed E-state index contributed by atoms with van der Waals surface area (Å²) < 4.78 is 25.6. The van der Waals surface area contributed by atoms with Crippen LogP contribution < -0.4 is 0 Å². The Morgan fingerprint density at radius 2 is 1.81 bits per heavy atom. The van der Waals surface area contributed by atoms with Crippen LogP contribution in [0.4, 0.5) is 8.78 Å². The Morgan fingerprint density at radius 3 is 2.48 bits per heavy atom. The standard InChI is InChI=1S/C17H17F2NO/c1-2-13-7-9-14(10-8-13)11-20-21-12-15-5-3-4-6-16(15)17(18)19/h3-11,17H,2,12H2,1H3. The molecule has 0 unspecified atom stereocenters. The van der Waals surface area contributed by atoms with E-state index in [9.17, 15) is 8.78 Å². The van der Waals surface area contributed by atoms with E-state index in [0.29, 0.717) is 5.56 Å². The molecule has 0 aromatic heterocycles. The molecule has 110 valence electrons. The van der Waals surface area contributed by atoms with Crippen molar-refractivity contribution in [3.05, 3.63) is 70.8 Å². The number of rotatable bonds is 6. The van der Waals surface area contributed by atoms with Gasteiger partial charge >= 0.3 is 0 Å². The first-order valence-electron chi connectivity index (χ1n) is 6.81. The van der Waals surface area contributed by atoms with E-state index in [1.807, 2.05) is 24.3 Å². The van der Waals surface area contributed by atoms with E-state index in [0.717, 1.165) is 12.0 Å². The second-order valence-corrected chi connectivity index (χ2v) is 4.60. The van der Waals surface area contributed by atoms with Gasteiger partial charge in [0.1, 0.15) is 6.61 Å². The van der Waals surface area contributed by atoms with Crippen molar-refractivity contribution in [2.45, 2.75) is 26.4 Å². The Labute approximate surface area is 123 Å². The molecule has 2 nitrogen and oxygen atoms in total. The van der Waals surface area contributed by atoms with Crippen LogP contribution in [0.2, 0.25) is 0 Å². The van der Waals surface area contributed by atoms with Crippen molar-refractivity contribution in [1.29, 1.82) is 0 Å². The van der Waals surface area contributed by atoms with Gasteiger partial charge in [0.2, 0.25) is 0 Å². The van der Waals surface area contributed by atoms with Crippen LogP contribution in [0.1, 0.15) is 35.6 Å². The summed E-state index contributed by atoms with van der Waals surface area (Å²) in [6.07, 6.45) is 0.0540. The highest BCUT2D eigenvalue weighted by molar-refractivity contribution is 5.79. The molecule has 0 atom stereocenters. The smallest absolute Gasteiger partial charge is 0.264 e. The zero-order chi connectivity index (χ0) is 15.1. The second-order valence-electron chi connectivity index (χ2n) is 4.60. The Morgan fingerprint density at radius 1 is 1.10 bits per heavy atom. The van der Waals surface area contributed by atoms with Crippen LogP contribution in [0.5, 0.6) is 0 Å². The number of nitrogens with zero attached hydrogens (tertiary/aromatic N) is 1. The molecule has 2 aromatic carbocycles. The SMILES string of the molecule is CCc1ccc(C=NOCc2ccccc2C(F)F)cc1. The molecule has 0 amide bonds. The highest BCUT2D eigenvalue weighted by Gasteiger charge is 2.11. The molecule has 0 radical (unpaired) electrons. The Hall–Kier alpha value is -2.23. The van der Waals surface area contributed by atoms with E-state index < -0.39 is 6.43 Å². The van der Waals surface area contributed by atoms with E-state index in [-0.39, 0.29) is 12.2 Å². The van der Waals surface area contributed by atoms with E-state index in [1.165, 1.54) is 11.6 Å². The molecule has 0 fully saturated rings. The zero-order valence-corrected chi connectivity index (χ0v) is 11.8. The topological polar surface area (TPSA) is 21.6 Å². The fraction of sp³-hybridized carbons (Fsp3) is 0.235. The van der Waals surface area contributed by atoms with Crippen molar-refractivity contribution in [3.63, 3.8) is 0 Å². The van der Waals surface area contributed by atoms with Gasteiger partial charge in [0.15, 0.2) is 0 Å². The van der Waals surface area contributed by atoms with Crippen molar-refractivity contribution in [3.8, 4) is 0 Å². The average Bonchev–Trinajstić information content (AvgIpc) is 2.52. The van der Waals surface area contributed by atoms with E-state index in [4.69, 9.17) is 4.84 Å². The normalized spacial score (nSPS) is 11.2. The average molecular weight is 289 g/mol. The van der Waals surface area contributed by atoms with Crippen molar-refractivity contribution in [1.82, 2.24) is 0 Å². The van der Waals surface area contributed by atoms with E-state index >= 15 is 0 Å². The number of aryl methyl sites for hydroxylation is 1. The molecular weight excluding hydrogens is 272 g/mol. The van der Waals surface area contributed by atoms with Gasteiger partial charge in [-0.1, -0.05) is 60.6 Å². The summed E-state index contributed by atoms with van der Waals surface area (Å²) in [6.45, 7) is 2.12. The molecule has 4 heteroatoms. The molecule has 21 heavy (non-hydrogen) atoms. The third kappa shape index (κ3) is 4.38. The van der Waals surface area contributed by atoms with Crippen LogP contribution in [-0.4, -0.2) is 6.21 Å². The molecule has 0 saturated carbocycles. The molecule has 0 heterocycles. The summed E-state index contributed by atoms with van der Waals surface area (Å²) in [7, 11) is 0. The number of oxime groups is 1. The Bertz CT molecular complexity index is 594. The first kappa shape index (κ1) is 15.2. The van der Waals surface area contributed by atoms with Gasteiger partial charge in [0.05, 0.1) is 6.21 Å². The lowest BCUT2D eigenvalue weighted by atomic mass is 10.1. The summed E-state index contributed by atoms with van der Waals surface area (Å²) in [6, 6.07) is 14.2. The minimum atomic E-state index is -2.50. The van der Waals surface area contributed by atoms with E-state index in [1.54, 1.807) is 24.4 Å². The lowest BCUT2D eigenvalue weighted by molar-refractivity contribution is 0.120.